The molecule has 1 unspecified atom stereocenters. The topological polar surface area (TPSA) is 105 Å². The van der Waals surface area contributed by atoms with Crippen molar-refractivity contribution in [2.24, 2.45) is 5.92 Å². The van der Waals surface area contributed by atoms with E-state index >= 15 is 0 Å². The highest BCUT2D eigenvalue weighted by molar-refractivity contribution is 9.10. The van der Waals surface area contributed by atoms with Gasteiger partial charge in [0.05, 0.1) is 0 Å². The molecule has 0 bridgehead atoms. The van der Waals surface area contributed by atoms with Gasteiger partial charge >= 0.3 is 6.03 Å². The Morgan fingerprint density at radius 2 is 1.60 bits per heavy atom. The van der Waals surface area contributed by atoms with E-state index in [0.29, 0.717) is 31.6 Å². The zero-order valence-electron chi connectivity index (χ0n) is 28.0. The Balaban J connectivity index is 0.921. The van der Waals surface area contributed by atoms with Gasteiger partial charge in [0, 0.05) is 92.5 Å². The lowest BCUT2D eigenvalue weighted by molar-refractivity contribution is -0.136. The molecule has 0 aromatic heterocycles. The van der Waals surface area contributed by atoms with Gasteiger partial charge in [-0.1, -0.05) is 70.2 Å². The number of piperidine rings is 2. The number of fused-ring (bicyclic) bond motifs is 1. The van der Waals surface area contributed by atoms with Crippen LogP contribution in [0, 0.1) is 17.8 Å². The molecule has 7 rings (SSSR count). The first-order valence-electron chi connectivity index (χ1n) is 17.4. The highest BCUT2D eigenvalue weighted by Gasteiger charge is 2.39. The summed E-state index contributed by atoms with van der Waals surface area (Å²) in [6.45, 7) is 7.23. The maximum Gasteiger partial charge on any atom is 0.321 e. The number of nitrogens with one attached hydrogen (secondary N) is 2. The molecule has 10 nitrogen and oxygen atoms in total. The molecule has 3 aromatic carbocycles. The third-order valence-electron chi connectivity index (χ3n) is 10.2. The third-order valence-corrected chi connectivity index (χ3v) is 10.7. The summed E-state index contributed by atoms with van der Waals surface area (Å²) in [5, 5.41) is 5.55. The number of nitrogens with zero attached hydrogens (tertiary/aromatic N) is 4. The number of imide groups is 1. The SMILES string of the molecule is O=C1CCC(N2Cc3c(C#CC4CCN(C(=O)Nc5cc(Br)ccc5CN5CCN(Cc6ccccc6)CC5)CC4)cccc3C2=O)C(=O)N1. The standard InChI is InChI=1S/C39H41BrN6O4/c40-31-12-11-30(25-44-21-19-43(20-22-44)24-28-5-2-1-3-6-28)34(23-31)41-39(50)45-17-15-27(16-18-45)9-10-29-7-4-8-32-33(29)26-46(38(32)49)35-13-14-36(47)42-37(35)48/h1-8,11-12,23,27,35H,13-22,24-26H2,(H,41,50)(H,42,47,48). The predicted molar refractivity (Wildman–Crippen MR) is 194 cm³/mol. The van der Waals surface area contributed by atoms with Gasteiger partial charge in [-0.15, -0.1) is 0 Å². The van der Waals surface area contributed by atoms with E-state index in [2.05, 4.69) is 84.6 Å². The first-order valence-corrected chi connectivity index (χ1v) is 18.2. The molecule has 4 heterocycles. The van der Waals surface area contributed by atoms with Crippen LogP contribution in [0.15, 0.2) is 71.2 Å². The lowest BCUT2D eigenvalue weighted by Crippen LogP contribution is -2.52. The second-order valence-corrected chi connectivity index (χ2v) is 14.4. The molecule has 2 N–H and O–H groups in total. The monoisotopic (exact) mass is 736 g/mol. The van der Waals surface area contributed by atoms with E-state index in [1.165, 1.54) is 5.56 Å². The number of hydrogen-bond acceptors (Lipinski definition) is 6. The molecular weight excluding hydrogens is 696 g/mol. The van der Waals surface area contributed by atoms with E-state index in [1.54, 1.807) is 11.0 Å². The maximum absolute atomic E-state index is 13.4. The number of rotatable bonds is 6. The molecule has 4 aliphatic rings. The Labute approximate surface area is 301 Å². The van der Waals surface area contributed by atoms with Crippen molar-refractivity contribution in [3.63, 3.8) is 0 Å². The highest BCUT2D eigenvalue weighted by atomic mass is 79.9. The Kier molecular flexibility index (Phi) is 10.3. The summed E-state index contributed by atoms with van der Waals surface area (Å²) in [4.78, 5) is 59.1. The second kappa shape index (κ2) is 15.2. The van der Waals surface area contributed by atoms with Gasteiger partial charge in [0.25, 0.3) is 5.91 Å². The summed E-state index contributed by atoms with van der Waals surface area (Å²) >= 11 is 3.59. The van der Waals surface area contributed by atoms with Crippen LogP contribution >= 0.6 is 15.9 Å². The second-order valence-electron chi connectivity index (χ2n) is 13.5. The average Bonchev–Trinajstić information content (AvgIpc) is 3.46. The molecule has 3 aromatic rings. The van der Waals surface area contributed by atoms with Gasteiger partial charge < -0.3 is 15.1 Å². The average molecular weight is 738 g/mol. The molecule has 5 amide bonds. The summed E-state index contributed by atoms with van der Waals surface area (Å²) in [5.41, 5.74) is 5.44. The van der Waals surface area contributed by atoms with E-state index in [0.717, 1.165) is 79.0 Å². The minimum Gasteiger partial charge on any atom is -0.324 e. The van der Waals surface area contributed by atoms with Crippen molar-refractivity contribution >= 4 is 45.4 Å². The van der Waals surface area contributed by atoms with Crippen LogP contribution in [0.5, 0.6) is 0 Å². The number of likely N-dealkylation sites (tertiary alicyclic amines) is 1. The molecule has 258 valence electrons. The van der Waals surface area contributed by atoms with E-state index in [9.17, 15) is 19.2 Å². The van der Waals surface area contributed by atoms with Crippen molar-refractivity contribution in [3.05, 3.63) is 99.0 Å². The Bertz CT molecular complexity index is 1840. The zero-order valence-corrected chi connectivity index (χ0v) is 29.6. The van der Waals surface area contributed by atoms with Crippen molar-refractivity contribution in [2.45, 2.75) is 51.4 Å². The van der Waals surface area contributed by atoms with Crippen LogP contribution in [0.4, 0.5) is 10.5 Å². The van der Waals surface area contributed by atoms with Crippen LogP contribution in [-0.4, -0.2) is 88.7 Å². The normalized spacial score (nSPS) is 20.3. The number of piperazine rings is 1. The van der Waals surface area contributed by atoms with Crippen molar-refractivity contribution in [3.8, 4) is 11.8 Å². The number of urea groups is 1. The van der Waals surface area contributed by atoms with Gasteiger partial charge in [-0.05, 0) is 60.2 Å². The minimum absolute atomic E-state index is 0.101. The first-order chi connectivity index (χ1) is 24.3. The maximum atomic E-state index is 13.4. The van der Waals surface area contributed by atoms with Gasteiger partial charge in [0.1, 0.15) is 6.04 Å². The number of carbonyl (C=O) groups excluding carboxylic acids is 4. The largest absolute Gasteiger partial charge is 0.324 e. The number of amides is 5. The van der Waals surface area contributed by atoms with Crippen molar-refractivity contribution < 1.29 is 19.2 Å². The van der Waals surface area contributed by atoms with Crippen LogP contribution in [0.3, 0.4) is 0 Å². The van der Waals surface area contributed by atoms with E-state index < -0.39 is 11.9 Å². The summed E-state index contributed by atoms with van der Waals surface area (Å²) in [5.74, 6) is 5.91. The molecule has 11 heteroatoms. The quantitative estimate of drug-likeness (QED) is 0.278. The van der Waals surface area contributed by atoms with Crippen LogP contribution in [0.25, 0.3) is 0 Å². The van der Waals surface area contributed by atoms with Crippen molar-refractivity contribution in [1.82, 2.24) is 24.9 Å². The van der Waals surface area contributed by atoms with Crippen molar-refractivity contribution in [2.75, 3.05) is 44.6 Å². The van der Waals surface area contributed by atoms with Crippen molar-refractivity contribution in [1.29, 1.82) is 0 Å². The van der Waals surface area contributed by atoms with Crippen LogP contribution in [0.2, 0.25) is 0 Å². The molecule has 1 atom stereocenters. The number of benzene rings is 3. The van der Waals surface area contributed by atoms with E-state index in [1.807, 2.05) is 29.2 Å². The molecule has 0 spiro atoms. The fraction of sp³-hybridized carbons (Fsp3) is 0.385. The number of halogens is 1. The highest BCUT2D eigenvalue weighted by Crippen LogP contribution is 2.30. The van der Waals surface area contributed by atoms with Crippen LogP contribution in [-0.2, 0) is 29.2 Å². The Morgan fingerprint density at radius 1 is 0.860 bits per heavy atom. The molecule has 0 saturated carbocycles. The van der Waals surface area contributed by atoms with Gasteiger partial charge in [-0.25, -0.2) is 4.79 Å². The molecule has 0 radical (unpaired) electrons. The number of carbonyl (C=O) groups is 4. The summed E-state index contributed by atoms with van der Waals surface area (Å²) in [7, 11) is 0. The van der Waals surface area contributed by atoms with Crippen LogP contribution < -0.4 is 10.6 Å². The van der Waals surface area contributed by atoms with Gasteiger partial charge in [-0.2, -0.15) is 0 Å². The zero-order chi connectivity index (χ0) is 34.6. The molecule has 0 aliphatic carbocycles. The lowest BCUT2D eigenvalue weighted by atomic mass is 9.96. The Hall–Kier alpha value is -4.50. The van der Waals surface area contributed by atoms with E-state index in [4.69, 9.17) is 0 Å². The van der Waals surface area contributed by atoms with Gasteiger partial charge in [-0.3, -0.25) is 29.5 Å². The molecule has 3 fully saturated rings. The number of anilines is 1. The predicted octanol–water partition coefficient (Wildman–Crippen LogP) is 4.82. The molecule has 4 aliphatic heterocycles. The molecular formula is C39H41BrN6O4. The first kappa shape index (κ1) is 34.0. The van der Waals surface area contributed by atoms with E-state index in [-0.39, 0.29) is 30.2 Å². The summed E-state index contributed by atoms with van der Waals surface area (Å²) < 4.78 is 0.924. The Morgan fingerprint density at radius 3 is 2.34 bits per heavy atom. The number of hydrogen-bond donors (Lipinski definition) is 2. The lowest BCUT2D eigenvalue weighted by Gasteiger charge is -2.35. The van der Waals surface area contributed by atoms with Gasteiger partial charge in [0.2, 0.25) is 11.8 Å². The fourth-order valence-corrected chi connectivity index (χ4v) is 7.66. The minimum atomic E-state index is -0.655. The molecule has 50 heavy (non-hydrogen) atoms. The fourth-order valence-electron chi connectivity index (χ4n) is 7.29. The molecule has 3 saturated heterocycles. The van der Waals surface area contributed by atoms with Crippen LogP contribution in [0.1, 0.15) is 58.3 Å². The van der Waals surface area contributed by atoms with Gasteiger partial charge in [0.15, 0.2) is 0 Å². The summed E-state index contributed by atoms with van der Waals surface area (Å²) in [6, 6.07) is 21.5. The summed E-state index contributed by atoms with van der Waals surface area (Å²) in [6.07, 6.45) is 2.06. The smallest absolute Gasteiger partial charge is 0.321 e. The third kappa shape index (κ3) is 7.78.